The van der Waals surface area contributed by atoms with Crippen molar-refractivity contribution >= 4 is 42.6 Å². The number of thiazole rings is 1. The fourth-order valence-corrected chi connectivity index (χ4v) is 7.57. The van der Waals surface area contributed by atoms with E-state index in [0.717, 1.165) is 28.6 Å². The first-order chi connectivity index (χ1) is 17.6. The summed E-state index contributed by atoms with van der Waals surface area (Å²) < 4.78 is 40.5. The third-order valence-electron chi connectivity index (χ3n) is 7.00. The Hall–Kier alpha value is -2.37. The lowest BCUT2D eigenvalue weighted by atomic mass is 10.1. The Balaban J connectivity index is 1.43. The number of benzene rings is 2. The summed E-state index contributed by atoms with van der Waals surface area (Å²) in [5, 5.41) is 0.619. The molecular formula is C27H33N3O5S2. The molecule has 198 valence electrons. The maximum Gasteiger partial charge on any atom is 0.260 e. The molecule has 2 aliphatic rings. The molecule has 2 aliphatic heterocycles. The van der Waals surface area contributed by atoms with Crippen molar-refractivity contribution in [2.24, 2.45) is 0 Å². The van der Waals surface area contributed by atoms with E-state index < -0.39 is 10.0 Å². The molecule has 2 aromatic carbocycles. The van der Waals surface area contributed by atoms with E-state index in [0.29, 0.717) is 36.9 Å². The van der Waals surface area contributed by atoms with Gasteiger partial charge in [0.25, 0.3) is 5.91 Å². The van der Waals surface area contributed by atoms with Crippen molar-refractivity contribution in [3.63, 3.8) is 0 Å². The van der Waals surface area contributed by atoms with E-state index >= 15 is 0 Å². The SMILES string of the molecule is Cc1cc2nc(N(CC3CCCO3)C(=O)c3ccc(S(=O)(=O)N4CC(C)OC(C)C4)cc3)sc2cc1C. The molecule has 0 aliphatic carbocycles. The number of fused-ring (bicyclic) bond motifs is 1. The van der Waals surface area contributed by atoms with Crippen molar-refractivity contribution in [1.29, 1.82) is 0 Å². The molecular weight excluding hydrogens is 510 g/mol. The molecule has 3 aromatic rings. The Kier molecular flexibility index (Phi) is 7.39. The zero-order valence-corrected chi connectivity index (χ0v) is 23.3. The Morgan fingerprint density at radius 3 is 2.43 bits per heavy atom. The van der Waals surface area contributed by atoms with Gasteiger partial charge in [0.15, 0.2) is 5.13 Å². The van der Waals surface area contributed by atoms with Crippen molar-refractivity contribution in [3.8, 4) is 0 Å². The fourth-order valence-electron chi connectivity index (χ4n) is 4.92. The van der Waals surface area contributed by atoms with Crippen molar-refractivity contribution in [1.82, 2.24) is 9.29 Å². The van der Waals surface area contributed by atoms with Crippen LogP contribution in [0, 0.1) is 13.8 Å². The number of sulfonamides is 1. The summed E-state index contributed by atoms with van der Waals surface area (Å²) >= 11 is 1.49. The van der Waals surface area contributed by atoms with E-state index in [1.54, 1.807) is 17.0 Å². The largest absolute Gasteiger partial charge is 0.376 e. The van der Waals surface area contributed by atoms with Gasteiger partial charge in [0.1, 0.15) is 0 Å². The summed E-state index contributed by atoms with van der Waals surface area (Å²) in [6.45, 7) is 9.56. The normalized spacial score (nSPS) is 23.0. The highest BCUT2D eigenvalue weighted by Gasteiger charge is 2.33. The second-order valence-electron chi connectivity index (χ2n) is 10.1. The summed E-state index contributed by atoms with van der Waals surface area (Å²) in [5.41, 5.74) is 3.61. The smallest absolute Gasteiger partial charge is 0.260 e. The van der Waals surface area contributed by atoms with Crippen molar-refractivity contribution in [2.75, 3.05) is 31.1 Å². The number of hydrogen-bond acceptors (Lipinski definition) is 7. The topological polar surface area (TPSA) is 89.0 Å². The molecule has 2 saturated heterocycles. The zero-order valence-electron chi connectivity index (χ0n) is 21.6. The van der Waals surface area contributed by atoms with Gasteiger partial charge in [0.2, 0.25) is 10.0 Å². The van der Waals surface area contributed by atoms with E-state index in [1.165, 1.54) is 33.3 Å². The average molecular weight is 544 g/mol. The number of aromatic nitrogens is 1. The van der Waals surface area contributed by atoms with Gasteiger partial charge in [-0.2, -0.15) is 4.31 Å². The van der Waals surface area contributed by atoms with Crippen LogP contribution >= 0.6 is 11.3 Å². The van der Waals surface area contributed by atoms with Crippen LogP contribution in [-0.4, -0.2) is 68.2 Å². The highest BCUT2D eigenvalue weighted by Crippen LogP contribution is 2.33. The molecule has 1 amide bonds. The minimum Gasteiger partial charge on any atom is -0.376 e. The Morgan fingerprint density at radius 1 is 1.11 bits per heavy atom. The van der Waals surface area contributed by atoms with Gasteiger partial charge in [-0.25, -0.2) is 13.4 Å². The number of carbonyl (C=O) groups excluding carboxylic acids is 1. The quantitative estimate of drug-likeness (QED) is 0.454. The number of aryl methyl sites for hydroxylation is 2. The van der Waals surface area contributed by atoms with Gasteiger partial charge >= 0.3 is 0 Å². The Bertz CT molecular complexity index is 1350. The number of hydrogen-bond donors (Lipinski definition) is 0. The molecule has 0 bridgehead atoms. The molecule has 3 unspecified atom stereocenters. The second-order valence-corrected chi connectivity index (χ2v) is 13.0. The molecule has 3 heterocycles. The molecule has 5 rings (SSSR count). The predicted molar refractivity (Wildman–Crippen MR) is 145 cm³/mol. The van der Waals surface area contributed by atoms with Crippen molar-refractivity contribution < 1.29 is 22.7 Å². The lowest BCUT2D eigenvalue weighted by Crippen LogP contribution is -2.48. The molecule has 10 heteroatoms. The number of rotatable bonds is 6. The van der Waals surface area contributed by atoms with Gasteiger partial charge in [-0.15, -0.1) is 0 Å². The number of ether oxygens (including phenoxy) is 2. The van der Waals surface area contributed by atoms with Crippen LogP contribution in [0.3, 0.4) is 0 Å². The van der Waals surface area contributed by atoms with Gasteiger partial charge in [-0.05, 0) is 88.1 Å². The molecule has 3 atom stereocenters. The standard InChI is InChI=1S/C27H33N3O5S2/c1-17-12-24-25(13-18(17)2)36-27(28-24)30(16-22-6-5-11-34-22)26(31)21-7-9-23(10-8-21)37(32,33)29-14-19(3)35-20(4)15-29/h7-10,12-13,19-20,22H,5-6,11,14-16H2,1-4H3. The maximum atomic E-state index is 13.8. The van der Waals surface area contributed by atoms with Gasteiger partial charge in [-0.1, -0.05) is 11.3 Å². The predicted octanol–water partition coefficient (Wildman–Crippen LogP) is 4.54. The van der Waals surface area contributed by atoms with Crippen LogP contribution in [0.25, 0.3) is 10.2 Å². The molecule has 0 saturated carbocycles. The summed E-state index contributed by atoms with van der Waals surface area (Å²) in [4.78, 5) is 20.4. The summed E-state index contributed by atoms with van der Waals surface area (Å²) in [7, 11) is -3.69. The second kappa shape index (κ2) is 10.4. The molecule has 1 aromatic heterocycles. The maximum absolute atomic E-state index is 13.8. The molecule has 0 radical (unpaired) electrons. The number of morpholine rings is 1. The molecule has 37 heavy (non-hydrogen) atoms. The van der Waals surface area contributed by atoms with Crippen LogP contribution in [0.5, 0.6) is 0 Å². The zero-order chi connectivity index (χ0) is 26.3. The van der Waals surface area contributed by atoms with Crippen LogP contribution in [0.2, 0.25) is 0 Å². The molecule has 0 N–H and O–H groups in total. The van der Waals surface area contributed by atoms with Gasteiger partial charge in [0.05, 0.1) is 40.0 Å². The Labute approximate surface area is 222 Å². The fraction of sp³-hybridized carbons (Fsp3) is 0.481. The van der Waals surface area contributed by atoms with Crippen LogP contribution in [-0.2, 0) is 19.5 Å². The van der Waals surface area contributed by atoms with Gasteiger partial charge < -0.3 is 9.47 Å². The number of nitrogens with zero attached hydrogens (tertiary/aromatic N) is 3. The molecule has 0 spiro atoms. The van der Waals surface area contributed by atoms with Crippen LogP contribution in [0.15, 0.2) is 41.3 Å². The minimum absolute atomic E-state index is 0.0515. The first-order valence-electron chi connectivity index (χ1n) is 12.7. The first-order valence-corrected chi connectivity index (χ1v) is 14.9. The summed E-state index contributed by atoms with van der Waals surface area (Å²) in [6.07, 6.45) is 1.46. The van der Waals surface area contributed by atoms with Crippen molar-refractivity contribution in [2.45, 2.75) is 63.7 Å². The first kappa shape index (κ1) is 26.2. The average Bonchev–Trinajstić information content (AvgIpc) is 3.51. The highest BCUT2D eigenvalue weighted by molar-refractivity contribution is 7.89. The van der Waals surface area contributed by atoms with Crippen LogP contribution in [0.4, 0.5) is 5.13 Å². The summed E-state index contributed by atoms with van der Waals surface area (Å²) in [6, 6.07) is 10.4. The van der Waals surface area contributed by atoms with E-state index in [2.05, 4.69) is 19.9 Å². The third kappa shape index (κ3) is 5.44. The van der Waals surface area contributed by atoms with Crippen molar-refractivity contribution in [3.05, 3.63) is 53.1 Å². The van der Waals surface area contributed by atoms with E-state index in [4.69, 9.17) is 14.5 Å². The lowest BCUT2D eigenvalue weighted by Gasteiger charge is -2.34. The lowest BCUT2D eigenvalue weighted by molar-refractivity contribution is -0.0440. The van der Waals surface area contributed by atoms with Gasteiger partial charge in [0, 0.05) is 25.3 Å². The number of carbonyl (C=O) groups is 1. The highest BCUT2D eigenvalue weighted by atomic mass is 32.2. The van der Waals surface area contributed by atoms with Crippen LogP contribution in [0.1, 0.15) is 48.2 Å². The summed E-state index contributed by atoms with van der Waals surface area (Å²) in [5.74, 6) is -0.222. The molecule has 8 nitrogen and oxygen atoms in total. The minimum atomic E-state index is -3.69. The number of anilines is 1. The number of amides is 1. The van der Waals surface area contributed by atoms with E-state index in [-0.39, 0.29) is 29.1 Å². The van der Waals surface area contributed by atoms with Crippen LogP contribution < -0.4 is 4.90 Å². The monoisotopic (exact) mass is 543 g/mol. The molecule has 2 fully saturated rings. The Morgan fingerprint density at radius 2 is 1.78 bits per heavy atom. The van der Waals surface area contributed by atoms with Gasteiger partial charge in [-0.3, -0.25) is 9.69 Å². The third-order valence-corrected chi connectivity index (χ3v) is 9.89. The van der Waals surface area contributed by atoms with E-state index in [1.807, 2.05) is 19.9 Å². The van der Waals surface area contributed by atoms with E-state index in [9.17, 15) is 13.2 Å².